The van der Waals surface area contributed by atoms with Crippen LogP contribution < -0.4 is 26.6 Å². The van der Waals surface area contributed by atoms with Gasteiger partial charge in [-0.05, 0) is 53.3 Å². The van der Waals surface area contributed by atoms with Gasteiger partial charge in [-0.25, -0.2) is 29.5 Å². The SMILES string of the molecule is O=C(Nc1ccc(C2CC2NC(=O)Nc2c[nH]nc2-c2nc3cc(CN4CCOCC4)ccc3[nH]2)c(Cl)c1)Nc1ncc(CCNc2ncnc3ccsc23)s1. The highest BCUT2D eigenvalue weighted by Crippen LogP contribution is 2.44. The molecule has 286 valence electrons. The van der Waals surface area contributed by atoms with E-state index in [0.717, 1.165) is 83.2 Å². The predicted molar refractivity (Wildman–Crippen MR) is 219 cm³/mol. The fourth-order valence-corrected chi connectivity index (χ4v) is 8.67. The summed E-state index contributed by atoms with van der Waals surface area (Å²) in [5.41, 5.74) is 6.25. The molecular weight excluding hydrogens is 774 g/mol. The van der Waals surface area contributed by atoms with Gasteiger partial charge in [-0.15, -0.1) is 22.7 Å². The largest absolute Gasteiger partial charge is 0.379 e. The number of urea groups is 2. The minimum atomic E-state index is -0.425. The van der Waals surface area contributed by atoms with Crippen molar-refractivity contribution in [1.82, 2.24) is 45.3 Å². The molecule has 4 amide bonds. The summed E-state index contributed by atoms with van der Waals surface area (Å²) in [6.45, 7) is 4.83. The highest BCUT2D eigenvalue weighted by atomic mass is 35.5. The van der Waals surface area contributed by atoms with Crippen LogP contribution in [-0.4, -0.2) is 91.0 Å². The molecule has 2 atom stereocenters. The lowest BCUT2D eigenvalue weighted by atomic mass is 10.1. The summed E-state index contributed by atoms with van der Waals surface area (Å²) < 4.78 is 6.49. The number of aromatic amines is 2. The highest BCUT2D eigenvalue weighted by Gasteiger charge is 2.41. The third-order valence-corrected chi connectivity index (χ3v) is 11.8. The van der Waals surface area contributed by atoms with Crippen LogP contribution in [0, 0.1) is 0 Å². The molecule has 1 aliphatic heterocycles. The van der Waals surface area contributed by atoms with E-state index in [2.05, 4.69) is 73.7 Å². The molecule has 16 nitrogen and oxygen atoms in total. The average molecular weight is 810 g/mol. The number of anilines is 4. The number of thiazole rings is 1. The van der Waals surface area contributed by atoms with E-state index in [1.807, 2.05) is 23.6 Å². The number of rotatable bonds is 12. The van der Waals surface area contributed by atoms with Crippen LogP contribution in [0.15, 0.2) is 66.6 Å². The number of morpholine rings is 1. The smallest absolute Gasteiger partial charge is 0.325 e. The van der Waals surface area contributed by atoms with Crippen molar-refractivity contribution < 1.29 is 14.3 Å². The third kappa shape index (κ3) is 8.14. The number of hydrogen-bond donors (Lipinski definition) is 7. The van der Waals surface area contributed by atoms with E-state index >= 15 is 0 Å². The van der Waals surface area contributed by atoms with Crippen molar-refractivity contribution in [2.24, 2.45) is 0 Å². The van der Waals surface area contributed by atoms with Crippen molar-refractivity contribution in [2.75, 3.05) is 54.1 Å². The van der Waals surface area contributed by atoms with E-state index in [4.69, 9.17) is 21.3 Å². The highest BCUT2D eigenvalue weighted by molar-refractivity contribution is 7.17. The number of halogens is 1. The number of aromatic nitrogens is 7. The Balaban J connectivity index is 0.744. The topological polar surface area (TPSA) is 203 Å². The number of thiophene rings is 1. The van der Waals surface area contributed by atoms with Crippen LogP contribution in [0.4, 0.5) is 31.9 Å². The van der Waals surface area contributed by atoms with Crippen LogP contribution in [0.3, 0.4) is 0 Å². The first-order chi connectivity index (χ1) is 27.4. The van der Waals surface area contributed by atoms with Crippen molar-refractivity contribution in [3.63, 3.8) is 0 Å². The van der Waals surface area contributed by atoms with Gasteiger partial charge in [0.15, 0.2) is 16.6 Å². The minimum absolute atomic E-state index is 0.0379. The summed E-state index contributed by atoms with van der Waals surface area (Å²) in [4.78, 5) is 50.3. The van der Waals surface area contributed by atoms with Gasteiger partial charge in [0.25, 0.3) is 0 Å². The molecule has 6 heterocycles. The van der Waals surface area contributed by atoms with E-state index < -0.39 is 6.03 Å². The van der Waals surface area contributed by atoms with Crippen LogP contribution in [-0.2, 0) is 17.7 Å². The van der Waals surface area contributed by atoms with Gasteiger partial charge in [-0.1, -0.05) is 23.7 Å². The number of fused-ring (bicyclic) bond motifs is 2. The van der Waals surface area contributed by atoms with Crippen LogP contribution in [0.2, 0.25) is 5.02 Å². The second-order valence-corrected chi connectivity index (χ2v) is 15.9. The lowest BCUT2D eigenvalue weighted by molar-refractivity contribution is 0.0342. The Hall–Kier alpha value is -5.66. The molecule has 9 rings (SSSR count). The fourth-order valence-electron chi connectivity index (χ4n) is 6.73. The van der Waals surface area contributed by atoms with Crippen LogP contribution >= 0.6 is 34.3 Å². The fraction of sp³-hybridized carbons (Fsp3) is 0.270. The van der Waals surface area contributed by atoms with E-state index in [0.29, 0.717) is 39.6 Å². The Kier molecular flexibility index (Phi) is 10.2. The lowest BCUT2D eigenvalue weighted by Crippen LogP contribution is -2.35. The normalized spacial score (nSPS) is 16.9. The van der Waals surface area contributed by atoms with Gasteiger partial charge >= 0.3 is 12.1 Å². The van der Waals surface area contributed by atoms with Crippen LogP contribution in [0.5, 0.6) is 0 Å². The summed E-state index contributed by atoms with van der Waals surface area (Å²) >= 11 is 9.68. The Morgan fingerprint density at radius 1 is 1.00 bits per heavy atom. The Labute approximate surface area is 332 Å². The van der Waals surface area contributed by atoms with Gasteiger partial charge in [0.1, 0.15) is 12.1 Å². The molecule has 0 bridgehead atoms. The number of benzene rings is 2. The number of ether oxygens (including phenoxy) is 1. The molecule has 7 aromatic rings. The summed E-state index contributed by atoms with van der Waals surface area (Å²) in [5.74, 6) is 1.40. The zero-order chi connectivity index (χ0) is 38.0. The number of imidazole rings is 1. The number of hydrogen-bond acceptors (Lipinski definition) is 12. The zero-order valence-electron chi connectivity index (χ0n) is 29.8. The summed E-state index contributed by atoms with van der Waals surface area (Å²) in [7, 11) is 0. The first-order valence-electron chi connectivity index (χ1n) is 18.1. The predicted octanol–water partition coefficient (Wildman–Crippen LogP) is 6.88. The molecule has 2 aliphatic rings. The van der Waals surface area contributed by atoms with Gasteiger partial charge < -0.3 is 31.0 Å². The van der Waals surface area contributed by atoms with Crippen LogP contribution in [0.25, 0.3) is 32.8 Å². The molecule has 1 aliphatic carbocycles. The van der Waals surface area contributed by atoms with Crippen molar-refractivity contribution in [2.45, 2.75) is 31.3 Å². The zero-order valence-corrected chi connectivity index (χ0v) is 32.2. The first-order valence-corrected chi connectivity index (χ1v) is 20.1. The maximum atomic E-state index is 13.1. The molecule has 1 saturated carbocycles. The second kappa shape index (κ2) is 15.8. The van der Waals surface area contributed by atoms with Crippen molar-refractivity contribution in [3.8, 4) is 11.5 Å². The number of nitrogens with one attached hydrogen (secondary N) is 7. The van der Waals surface area contributed by atoms with Gasteiger partial charge in [0.05, 0.1) is 40.2 Å². The number of carbonyl (C=O) groups is 2. The number of carbonyl (C=O) groups excluding carboxylic acids is 2. The van der Waals surface area contributed by atoms with Gasteiger partial charge in [0, 0.05) is 72.5 Å². The first kappa shape index (κ1) is 36.0. The quantitative estimate of drug-likeness (QED) is 0.0682. The van der Waals surface area contributed by atoms with E-state index in [1.165, 1.54) is 16.9 Å². The number of H-pyrrole nitrogens is 2. The Morgan fingerprint density at radius 2 is 1.91 bits per heavy atom. The molecular formula is C37H36ClN13O3S2. The molecule has 0 spiro atoms. The van der Waals surface area contributed by atoms with E-state index in [9.17, 15) is 9.59 Å². The van der Waals surface area contributed by atoms with Crippen LogP contribution in [0.1, 0.15) is 28.3 Å². The van der Waals surface area contributed by atoms with Crippen molar-refractivity contribution in [1.29, 1.82) is 0 Å². The van der Waals surface area contributed by atoms with Gasteiger partial charge in [-0.3, -0.25) is 15.3 Å². The molecule has 56 heavy (non-hydrogen) atoms. The second-order valence-electron chi connectivity index (χ2n) is 13.5. The summed E-state index contributed by atoms with van der Waals surface area (Å²) in [6.07, 6.45) is 6.39. The molecule has 0 radical (unpaired) electrons. The molecule has 2 aromatic carbocycles. The maximum Gasteiger partial charge on any atom is 0.325 e. The molecule has 7 N–H and O–H groups in total. The number of nitrogens with zero attached hydrogens (tertiary/aromatic N) is 6. The third-order valence-electron chi connectivity index (χ3n) is 9.62. The maximum absolute atomic E-state index is 13.1. The molecule has 19 heteroatoms. The Bertz CT molecular complexity index is 2530. The average Bonchev–Trinajstić information content (AvgIpc) is 3.70. The van der Waals surface area contributed by atoms with E-state index in [-0.39, 0.29) is 18.0 Å². The minimum Gasteiger partial charge on any atom is -0.379 e. The molecule has 1 saturated heterocycles. The monoisotopic (exact) mass is 809 g/mol. The van der Waals surface area contributed by atoms with Gasteiger partial charge in [0.2, 0.25) is 0 Å². The van der Waals surface area contributed by atoms with Crippen molar-refractivity contribution in [3.05, 3.63) is 87.6 Å². The van der Waals surface area contributed by atoms with E-state index in [1.54, 1.807) is 42.2 Å². The van der Waals surface area contributed by atoms with Gasteiger partial charge in [-0.2, -0.15) is 5.10 Å². The molecule has 2 unspecified atom stereocenters. The van der Waals surface area contributed by atoms with Crippen molar-refractivity contribution >= 4 is 89.9 Å². The number of amides is 4. The summed E-state index contributed by atoms with van der Waals surface area (Å²) in [6, 6.07) is 12.7. The summed E-state index contributed by atoms with van der Waals surface area (Å²) in [5, 5.41) is 25.1. The standard InChI is InChI=1S/C37H36ClN13O3S2/c38-25-14-21(44-35(52)49-37-40-16-22(56-37)5-7-39-34-32-27(6-12-55-32)41-19-42-34)2-3-23(25)24-15-28(24)47-36(53)48-30-17-43-50-31(30)33-45-26-4-1-20(13-29(26)46-33)18-51-8-10-54-11-9-51/h1-4,6,12-14,16-17,19,24,28H,5,7-11,15,18H2,(H,43,50)(H,45,46)(H,39,41,42)(H2,47,48,53)(H2,40,44,49,52). The molecule has 5 aromatic heterocycles. The lowest BCUT2D eigenvalue weighted by Gasteiger charge is -2.26. The molecule has 2 fully saturated rings. The Morgan fingerprint density at radius 3 is 2.80 bits per heavy atom.